The molecule has 0 spiro atoms. The van der Waals surface area contributed by atoms with E-state index in [2.05, 4.69) is 47.5 Å². The number of nitrogens with two attached hydrogens (primary N) is 2. The summed E-state index contributed by atoms with van der Waals surface area (Å²) in [5, 5.41) is 60.3. The van der Waals surface area contributed by atoms with Gasteiger partial charge in [0.15, 0.2) is 5.96 Å². The normalized spacial score (nSPS) is 14.9. The fourth-order valence-electron chi connectivity index (χ4n) is 8.64. The number of guanidine groups is 1. The maximum absolute atomic E-state index is 14.4. The van der Waals surface area contributed by atoms with E-state index in [1.807, 2.05) is 18.2 Å². The standard InChI is InChI=1S/C56H81N15O13/c1-2-46(73)61-23-25-64-56(84)67-55(58)63-21-7-11-45(53(82)65-34-39-12-18-43(72)19-13-39)66-54(83)51(40-8-4-3-5-9-40)41-14-16-42(17-15-41)59-22-24-62-52(81)44(57)10-6-20-60-47(74)35-68-26-28-69(36-48(75)76)30-32-71(38-50(79)80)33-31-70(29-27-68)37-49(77)78/h3-5,8-10,12-19,45,51,59,72H,2,6-7,11,20-38,57H2,1H3,(H,60,74)(H,61,73)(H,62,81)(H,65,82)(H,66,83)(H,75,76)(H,77,78)(H,79,80)(H4,58,63,64,67,84)/b44-10-/t45-,51+/m1/s1. The maximum Gasteiger partial charge on any atom is 0.321 e. The van der Waals surface area contributed by atoms with Crippen molar-refractivity contribution in [1.82, 2.24) is 56.8 Å². The van der Waals surface area contributed by atoms with Gasteiger partial charge in [-0.15, -0.1) is 0 Å². The van der Waals surface area contributed by atoms with E-state index in [0.29, 0.717) is 29.8 Å². The molecule has 3 aromatic carbocycles. The van der Waals surface area contributed by atoms with E-state index in [9.17, 15) is 63.6 Å². The fraction of sp³-hybridized carbons (Fsp3) is 0.464. The molecule has 1 aliphatic heterocycles. The van der Waals surface area contributed by atoms with Crippen LogP contribution in [0.5, 0.6) is 5.75 Å². The Bertz CT molecular complexity index is 2650. The van der Waals surface area contributed by atoms with Crippen molar-refractivity contribution in [2.75, 3.05) is 123 Å². The molecular weight excluding hydrogens is 1090 g/mol. The minimum atomic E-state index is -1.06. The molecule has 2 atom stereocenters. The third kappa shape index (κ3) is 27.3. The molecule has 16 N–H and O–H groups in total. The molecule has 1 saturated heterocycles. The molecule has 4 rings (SSSR count). The highest BCUT2D eigenvalue weighted by atomic mass is 16.4. The number of aliphatic imine (C=N–C) groups is 1. The number of carboxylic acid groups (broad SMARTS) is 3. The summed E-state index contributed by atoms with van der Waals surface area (Å²) in [6.07, 6.45) is 2.47. The van der Waals surface area contributed by atoms with Crippen molar-refractivity contribution in [3.63, 3.8) is 0 Å². The van der Waals surface area contributed by atoms with E-state index in [-0.39, 0.29) is 166 Å². The number of phenols is 1. The first-order valence-corrected chi connectivity index (χ1v) is 27.7. The third-order valence-corrected chi connectivity index (χ3v) is 13.1. The number of amides is 7. The molecule has 0 unspecified atom stereocenters. The molecular formula is C56H81N15O13. The summed E-state index contributed by atoms with van der Waals surface area (Å²) in [5.41, 5.74) is 14.6. The van der Waals surface area contributed by atoms with Crippen molar-refractivity contribution in [3.8, 4) is 5.75 Å². The van der Waals surface area contributed by atoms with Crippen molar-refractivity contribution in [1.29, 1.82) is 0 Å². The summed E-state index contributed by atoms with van der Waals surface area (Å²) in [5.74, 6) is -6.03. The van der Waals surface area contributed by atoms with Gasteiger partial charge in [-0.3, -0.25) is 68.3 Å². The van der Waals surface area contributed by atoms with Crippen LogP contribution in [0.1, 0.15) is 55.2 Å². The van der Waals surface area contributed by atoms with Gasteiger partial charge < -0.3 is 69.1 Å². The van der Waals surface area contributed by atoms with E-state index < -0.39 is 53.6 Å². The molecule has 1 fully saturated rings. The molecule has 0 radical (unpaired) electrons. The highest BCUT2D eigenvalue weighted by molar-refractivity contribution is 5.95. The molecule has 0 saturated carbocycles. The van der Waals surface area contributed by atoms with Crippen LogP contribution in [0.2, 0.25) is 0 Å². The number of hydrogen-bond donors (Lipinski definition) is 14. The number of aromatic hydroxyl groups is 1. The first kappa shape index (κ1) is 67.6. The smallest absolute Gasteiger partial charge is 0.321 e. The molecule has 1 heterocycles. The highest BCUT2D eigenvalue weighted by Gasteiger charge is 2.28. The SMILES string of the molecule is CCC(=O)NCCNC(=O)NC(N)=NCCC[C@@H](NC(=O)[C@@H](c1ccccc1)c1ccc(NCCNC(=O)/C(N)=C/CCNC(=O)CN2CCN(CC(=O)O)CCN(CC(=O)O)CCN(CC(=O)O)CC2)cc1)C(=O)NCc1ccc(O)cc1. The minimum absolute atomic E-state index is 0.0573. The van der Waals surface area contributed by atoms with Crippen LogP contribution in [0.3, 0.4) is 0 Å². The van der Waals surface area contributed by atoms with Crippen LogP contribution in [0.4, 0.5) is 10.5 Å². The van der Waals surface area contributed by atoms with Crippen molar-refractivity contribution >= 4 is 65.1 Å². The van der Waals surface area contributed by atoms with E-state index in [1.54, 1.807) is 75.1 Å². The van der Waals surface area contributed by atoms with E-state index in [0.717, 1.165) is 5.56 Å². The molecule has 1 aliphatic rings. The van der Waals surface area contributed by atoms with Crippen molar-refractivity contribution < 1.29 is 63.6 Å². The molecule has 84 heavy (non-hydrogen) atoms. The average Bonchev–Trinajstić information content (AvgIpc) is 3.65. The van der Waals surface area contributed by atoms with Gasteiger partial charge in [-0.2, -0.15) is 0 Å². The topological polar surface area (TPSA) is 408 Å². The van der Waals surface area contributed by atoms with Crippen LogP contribution in [0.25, 0.3) is 0 Å². The Morgan fingerprint density at radius 3 is 1.68 bits per heavy atom. The zero-order valence-electron chi connectivity index (χ0n) is 47.4. The third-order valence-electron chi connectivity index (χ3n) is 13.1. The predicted octanol–water partition coefficient (Wildman–Crippen LogP) is -1.40. The van der Waals surface area contributed by atoms with E-state index >= 15 is 0 Å². The predicted molar refractivity (Wildman–Crippen MR) is 312 cm³/mol. The molecule has 458 valence electrons. The lowest BCUT2D eigenvalue weighted by Crippen LogP contribution is -2.49. The Kier molecular flexibility index (Phi) is 30.0. The van der Waals surface area contributed by atoms with Gasteiger partial charge in [0.2, 0.25) is 23.6 Å². The lowest BCUT2D eigenvalue weighted by Gasteiger charge is -2.32. The first-order valence-electron chi connectivity index (χ1n) is 27.7. The zero-order valence-corrected chi connectivity index (χ0v) is 47.4. The summed E-state index contributed by atoms with van der Waals surface area (Å²) in [7, 11) is 0. The summed E-state index contributed by atoms with van der Waals surface area (Å²) in [4.78, 5) is 123. The van der Waals surface area contributed by atoms with Crippen LogP contribution in [0.15, 0.2) is 95.6 Å². The van der Waals surface area contributed by atoms with Gasteiger partial charge in [-0.05, 0) is 60.2 Å². The number of nitrogens with zero attached hydrogens (tertiary/aromatic N) is 5. The fourth-order valence-corrected chi connectivity index (χ4v) is 8.64. The lowest BCUT2D eigenvalue weighted by molar-refractivity contribution is -0.140. The first-order chi connectivity index (χ1) is 40.3. The highest BCUT2D eigenvalue weighted by Crippen LogP contribution is 2.27. The number of benzene rings is 3. The van der Waals surface area contributed by atoms with Gasteiger partial charge in [0.25, 0.3) is 5.91 Å². The van der Waals surface area contributed by atoms with Crippen LogP contribution in [-0.4, -0.2) is 223 Å². The largest absolute Gasteiger partial charge is 0.508 e. The summed E-state index contributed by atoms with van der Waals surface area (Å²) in [6.45, 7) is 4.13. The quantitative estimate of drug-likeness (QED) is 0.0152. The maximum atomic E-state index is 14.4. The molecule has 28 heteroatoms. The van der Waals surface area contributed by atoms with Crippen LogP contribution in [-0.2, 0) is 44.9 Å². The Labute approximate surface area is 487 Å². The second-order valence-corrected chi connectivity index (χ2v) is 19.7. The number of nitrogens with one attached hydrogen (secondary N) is 8. The molecule has 7 amide bonds. The average molecular weight is 1170 g/mol. The second-order valence-electron chi connectivity index (χ2n) is 19.7. The van der Waals surface area contributed by atoms with Crippen LogP contribution in [0, 0.1) is 0 Å². The minimum Gasteiger partial charge on any atom is -0.508 e. The van der Waals surface area contributed by atoms with Gasteiger partial charge in [-0.1, -0.05) is 67.6 Å². The molecule has 0 aliphatic carbocycles. The van der Waals surface area contributed by atoms with Gasteiger partial charge in [-0.25, -0.2) is 4.79 Å². The van der Waals surface area contributed by atoms with Crippen molar-refractivity contribution in [2.24, 2.45) is 16.5 Å². The number of carbonyl (C=O) groups excluding carboxylic acids is 6. The summed E-state index contributed by atoms with van der Waals surface area (Å²) < 4.78 is 0. The van der Waals surface area contributed by atoms with E-state index in [4.69, 9.17) is 11.5 Å². The zero-order chi connectivity index (χ0) is 61.2. The molecule has 28 nitrogen and oxygen atoms in total. The van der Waals surface area contributed by atoms with Crippen LogP contribution < -0.4 is 54.0 Å². The monoisotopic (exact) mass is 1170 g/mol. The number of aliphatic carboxylic acids is 3. The van der Waals surface area contributed by atoms with Crippen LogP contribution >= 0.6 is 0 Å². The second kappa shape index (κ2) is 37.3. The number of anilines is 1. The lowest BCUT2D eigenvalue weighted by atomic mass is 9.90. The van der Waals surface area contributed by atoms with Crippen molar-refractivity contribution in [3.05, 3.63) is 107 Å². The van der Waals surface area contributed by atoms with Gasteiger partial charge in [0, 0.05) is 110 Å². The van der Waals surface area contributed by atoms with Crippen molar-refractivity contribution in [2.45, 2.75) is 51.1 Å². The molecule has 0 aromatic heterocycles. The number of urea groups is 1. The number of hydrogen-bond acceptors (Lipinski definition) is 17. The van der Waals surface area contributed by atoms with Gasteiger partial charge in [0.05, 0.1) is 37.8 Å². The Morgan fingerprint density at radius 1 is 0.595 bits per heavy atom. The summed E-state index contributed by atoms with van der Waals surface area (Å²) >= 11 is 0. The number of carboxylic acids is 3. The molecule has 3 aromatic rings. The number of rotatable bonds is 31. The Balaban J connectivity index is 1.29. The Hall–Kier alpha value is -8.86. The van der Waals surface area contributed by atoms with Gasteiger partial charge >= 0.3 is 23.9 Å². The number of phenolic OH excluding ortho intramolecular Hbond substituents is 1. The summed E-state index contributed by atoms with van der Waals surface area (Å²) in [6, 6.07) is 20.9. The van der Waals surface area contributed by atoms with E-state index in [1.165, 1.54) is 18.2 Å². The Morgan fingerprint density at radius 2 is 1.12 bits per heavy atom. The van der Waals surface area contributed by atoms with Gasteiger partial charge in [0.1, 0.15) is 11.8 Å². The number of carbonyl (C=O) groups is 9. The molecule has 0 bridgehead atoms.